The standard InChI is InChI=1S/C24H33N5O5S/c1-24(2,3)33-23(32)34-29-10-8-15(9-11-29)20(30)26-17-6-7-18-16(13-17)14-25-22(27-18)28-21(31)19-5-4-12-35-19/h4-5,12,14-15,17-18H,6-11,13H2,1-3H3,(H,26,30)(H2,25,27,28,31). The molecule has 2 aliphatic heterocycles. The summed E-state index contributed by atoms with van der Waals surface area (Å²) in [7, 11) is 0. The number of aliphatic imine (C=N–C) groups is 1. The van der Waals surface area contributed by atoms with Crippen molar-refractivity contribution >= 4 is 35.3 Å². The van der Waals surface area contributed by atoms with Crippen molar-refractivity contribution in [3.63, 3.8) is 0 Å². The minimum absolute atomic E-state index is 0.0436. The molecule has 2 unspecified atom stereocenters. The van der Waals surface area contributed by atoms with Crippen LogP contribution >= 0.6 is 11.3 Å². The third-order valence-electron chi connectivity index (χ3n) is 6.15. The Labute approximate surface area is 209 Å². The molecule has 0 spiro atoms. The van der Waals surface area contributed by atoms with Crippen LogP contribution in [0.5, 0.6) is 0 Å². The number of nitrogens with one attached hydrogen (secondary N) is 3. The van der Waals surface area contributed by atoms with E-state index in [1.54, 1.807) is 38.1 Å². The Morgan fingerprint density at radius 2 is 1.94 bits per heavy atom. The van der Waals surface area contributed by atoms with Crippen LogP contribution in [0.2, 0.25) is 0 Å². The smallest absolute Gasteiger partial charge is 0.427 e. The van der Waals surface area contributed by atoms with E-state index in [2.05, 4.69) is 20.9 Å². The molecule has 10 nitrogen and oxygen atoms in total. The number of guanidine groups is 1. The maximum Gasteiger partial charge on any atom is 0.528 e. The van der Waals surface area contributed by atoms with Crippen molar-refractivity contribution < 1.29 is 24.0 Å². The van der Waals surface area contributed by atoms with Crippen LogP contribution in [0.3, 0.4) is 0 Å². The number of hydroxylamine groups is 2. The van der Waals surface area contributed by atoms with E-state index in [4.69, 9.17) is 9.57 Å². The summed E-state index contributed by atoms with van der Waals surface area (Å²) in [6, 6.07) is 3.77. The second-order valence-corrected chi connectivity index (χ2v) is 11.0. The Balaban J connectivity index is 1.21. The summed E-state index contributed by atoms with van der Waals surface area (Å²) in [5.74, 6) is 0.218. The lowest BCUT2D eigenvalue weighted by atomic mass is 9.85. The van der Waals surface area contributed by atoms with Gasteiger partial charge >= 0.3 is 6.16 Å². The highest BCUT2D eigenvalue weighted by Crippen LogP contribution is 2.27. The van der Waals surface area contributed by atoms with Gasteiger partial charge in [0.15, 0.2) is 0 Å². The van der Waals surface area contributed by atoms with E-state index in [0.717, 1.165) is 24.8 Å². The fraction of sp³-hybridized carbons (Fsp3) is 0.583. The number of nitrogens with zero attached hydrogens (tertiary/aromatic N) is 2. The molecule has 11 heteroatoms. The van der Waals surface area contributed by atoms with E-state index in [9.17, 15) is 14.4 Å². The fourth-order valence-electron chi connectivity index (χ4n) is 4.41. The summed E-state index contributed by atoms with van der Waals surface area (Å²) < 4.78 is 5.18. The zero-order valence-corrected chi connectivity index (χ0v) is 21.2. The van der Waals surface area contributed by atoms with Crippen LogP contribution in [0, 0.1) is 5.92 Å². The minimum Gasteiger partial charge on any atom is -0.427 e. The maximum absolute atomic E-state index is 12.9. The molecule has 0 radical (unpaired) electrons. The Morgan fingerprint density at radius 3 is 2.63 bits per heavy atom. The number of piperidine rings is 1. The first-order chi connectivity index (χ1) is 16.7. The first-order valence-corrected chi connectivity index (χ1v) is 12.9. The third-order valence-corrected chi connectivity index (χ3v) is 7.01. The van der Waals surface area contributed by atoms with Gasteiger partial charge in [-0.3, -0.25) is 14.9 Å². The molecule has 35 heavy (non-hydrogen) atoms. The van der Waals surface area contributed by atoms with E-state index in [1.165, 1.54) is 11.3 Å². The number of hydrogen-bond acceptors (Lipinski definition) is 9. The molecule has 0 bridgehead atoms. The average molecular weight is 504 g/mol. The molecule has 1 aromatic rings. The summed E-state index contributed by atoms with van der Waals surface area (Å²) in [6.45, 7) is 6.34. The van der Waals surface area contributed by atoms with Crippen molar-refractivity contribution in [2.75, 3.05) is 13.1 Å². The number of hydrogen-bond donors (Lipinski definition) is 3. The second-order valence-electron chi connectivity index (χ2n) is 10.1. The molecular weight excluding hydrogens is 470 g/mol. The first kappa shape index (κ1) is 25.2. The average Bonchev–Trinajstić information content (AvgIpc) is 3.33. The van der Waals surface area contributed by atoms with Gasteiger partial charge in [-0.2, -0.15) is 0 Å². The van der Waals surface area contributed by atoms with Gasteiger partial charge in [0, 0.05) is 31.2 Å². The Hall–Kier alpha value is -2.92. The van der Waals surface area contributed by atoms with Gasteiger partial charge in [-0.15, -0.1) is 16.4 Å². The van der Waals surface area contributed by atoms with E-state index in [0.29, 0.717) is 36.8 Å². The van der Waals surface area contributed by atoms with Gasteiger partial charge in [-0.25, -0.2) is 9.79 Å². The Bertz CT molecular complexity index is 992. The lowest BCUT2D eigenvalue weighted by molar-refractivity contribution is -0.158. The lowest BCUT2D eigenvalue weighted by Crippen LogP contribution is -2.52. The minimum atomic E-state index is -0.719. The second kappa shape index (κ2) is 10.8. The molecule has 3 heterocycles. The normalized spacial score (nSPS) is 23.2. The highest BCUT2D eigenvalue weighted by atomic mass is 32.1. The number of thiophene rings is 1. The molecule has 1 saturated heterocycles. The SMILES string of the molecule is CC(C)(C)OC(=O)ON1CCC(C(=O)NC2CCC3NC(NC(=O)c4cccs4)=NC=C3C2)CC1. The third kappa shape index (κ3) is 7.04. The molecule has 0 aromatic carbocycles. The molecule has 1 aliphatic carbocycles. The van der Waals surface area contributed by atoms with Crippen LogP contribution in [-0.4, -0.2) is 59.8 Å². The van der Waals surface area contributed by atoms with Crippen molar-refractivity contribution in [2.24, 2.45) is 10.9 Å². The molecule has 1 saturated carbocycles. The van der Waals surface area contributed by atoms with Gasteiger partial charge in [-0.1, -0.05) is 6.07 Å². The summed E-state index contributed by atoms with van der Waals surface area (Å²) in [5, 5.41) is 12.7. The van der Waals surface area contributed by atoms with Crippen molar-refractivity contribution in [3.05, 3.63) is 34.2 Å². The number of ether oxygens (including phenoxy) is 1. The van der Waals surface area contributed by atoms with Gasteiger partial charge in [-0.05, 0) is 69.9 Å². The molecule has 2 amide bonds. The monoisotopic (exact) mass is 503 g/mol. The van der Waals surface area contributed by atoms with Crippen LogP contribution in [-0.2, 0) is 14.4 Å². The van der Waals surface area contributed by atoms with Crippen LogP contribution in [0.1, 0.15) is 62.5 Å². The highest BCUT2D eigenvalue weighted by molar-refractivity contribution is 7.12. The fourth-order valence-corrected chi connectivity index (χ4v) is 5.03. The van der Waals surface area contributed by atoms with Crippen LogP contribution in [0.15, 0.2) is 34.3 Å². The number of amides is 2. The van der Waals surface area contributed by atoms with Gasteiger partial charge in [0.05, 0.1) is 10.9 Å². The zero-order chi connectivity index (χ0) is 25.0. The highest BCUT2D eigenvalue weighted by Gasteiger charge is 2.33. The quantitative estimate of drug-likeness (QED) is 0.540. The van der Waals surface area contributed by atoms with E-state index in [-0.39, 0.29) is 29.8 Å². The predicted octanol–water partition coefficient (Wildman–Crippen LogP) is 2.94. The van der Waals surface area contributed by atoms with E-state index >= 15 is 0 Å². The summed E-state index contributed by atoms with van der Waals surface area (Å²) in [4.78, 5) is 47.2. The van der Waals surface area contributed by atoms with Crippen molar-refractivity contribution in [3.8, 4) is 0 Å². The summed E-state index contributed by atoms with van der Waals surface area (Å²) >= 11 is 1.38. The number of rotatable bonds is 4. The molecular formula is C24H33N5O5S. The molecule has 3 N–H and O–H groups in total. The first-order valence-electron chi connectivity index (χ1n) is 12.0. The Morgan fingerprint density at radius 1 is 1.17 bits per heavy atom. The number of fused-ring (bicyclic) bond motifs is 1. The largest absolute Gasteiger partial charge is 0.528 e. The van der Waals surface area contributed by atoms with Crippen LogP contribution in [0.25, 0.3) is 0 Å². The van der Waals surface area contributed by atoms with Gasteiger partial charge in [0.25, 0.3) is 5.91 Å². The van der Waals surface area contributed by atoms with Gasteiger partial charge in [0.1, 0.15) is 5.60 Å². The lowest BCUT2D eigenvalue weighted by Gasteiger charge is -2.36. The van der Waals surface area contributed by atoms with Gasteiger partial charge < -0.3 is 20.2 Å². The molecule has 1 aromatic heterocycles. The summed E-state index contributed by atoms with van der Waals surface area (Å²) in [5.41, 5.74) is 0.513. The molecule has 3 aliphatic rings. The molecule has 2 fully saturated rings. The van der Waals surface area contributed by atoms with Crippen LogP contribution < -0.4 is 16.0 Å². The molecule has 2 atom stereocenters. The van der Waals surface area contributed by atoms with E-state index in [1.807, 2.05) is 11.4 Å². The van der Waals surface area contributed by atoms with Crippen molar-refractivity contribution in [1.82, 2.24) is 21.0 Å². The maximum atomic E-state index is 12.9. The Kier molecular flexibility index (Phi) is 7.75. The molecule has 4 rings (SSSR count). The van der Waals surface area contributed by atoms with Gasteiger partial charge in [0.2, 0.25) is 11.9 Å². The zero-order valence-electron chi connectivity index (χ0n) is 20.3. The van der Waals surface area contributed by atoms with Crippen LogP contribution in [0.4, 0.5) is 4.79 Å². The predicted molar refractivity (Wildman–Crippen MR) is 132 cm³/mol. The van der Waals surface area contributed by atoms with Crippen molar-refractivity contribution in [2.45, 2.75) is 70.6 Å². The summed E-state index contributed by atoms with van der Waals surface area (Å²) in [6.07, 6.45) is 4.72. The van der Waals surface area contributed by atoms with E-state index < -0.39 is 11.8 Å². The topological polar surface area (TPSA) is 121 Å². The number of carbonyl (C=O) groups is 3. The molecule has 190 valence electrons. The number of carbonyl (C=O) groups excluding carboxylic acids is 3. The van der Waals surface area contributed by atoms with Crippen molar-refractivity contribution in [1.29, 1.82) is 0 Å².